The average Bonchev–Trinajstić information content (AvgIpc) is 3.19. The van der Waals surface area contributed by atoms with Crippen molar-refractivity contribution in [1.82, 2.24) is 4.31 Å². The molecule has 4 rings (SSSR count). The number of aliphatic imine (C=N–C) groups is 1. The van der Waals surface area contributed by atoms with Gasteiger partial charge in [0.1, 0.15) is 11.6 Å². The zero-order valence-corrected chi connectivity index (χ0v) is 15.8. The van der Waals surface area contributed by atoms with Crippen molar-refractivity contribution in [2.24, 2.45) is 4.99 Å². The smallest absolute Gasteiger partial charge is 0.265 e. The summed E-state index contributed by atoms with van der Waals surface area (Å²) in [6, 6.07) is 20.3. The number of nitrogens with zero attached hydrogens (tertiary/aromatic N) is 2. The van der Waals surface area contributed by atoms with Crippen molar-refractivity contribution in [2.75, 3.05) is 19.7 Å². The minimum absolute atomic E-state index is 0.268. The van der Waals surface area contributed by atoms with E-state index in [1.807, 2.05) is 61.5 Å². The molecule has 0 fully saturated rings. The lowest BCUT2D eigenvalue weighted by atomic mass is 10.1. The average molecular weight is 380 g/mol. The van der Waals surface area contributed by atoms with Crippen LogP contribution in [0.3, 0.4) is 0 Å². The van der Waals surface area contributed by atoms with E-state index in [-0.39, 0.29) is 4.90 Å². The first-order valence-corrected chi connectivity index (χ1v) is 10.3. The fourth-order valence-electron chi connectivity index (χ4n) is 3.23. The van der Waals surface area contributed by atoms with Gasteiger partial charge in [-0.2, -0.15) is 0 Å². The molecule has 0 radical (unpaired) electrons. The normalized spacial score (nSPS) is 14.4. The maximum atomic E-state index is 13.3. The molecule has 3 aromatic rings. The summed E-state index contributed by atoms with van der Waals surface area (Å²) in [5, 5.41) is 1.80. The maximum absolute atomic E-state index is 13.3. The van der Waals surface area contributed by atoms with Crippen LogP contribution in [0.1, 0.15) is 12.5 Å². The Hall–Kier alpha value is -2.86. The van der Waals surface area contributed by atoms with Crippen molar-refractivity contribution >= 4 is 26.6 Å². The Morgan fingerprint density at radius 2 is 1.74 bits per heavy atom. The van der Waals surface area contributed by atoms with Crippen molar-refractivity contribution < 1.29 is 13.2 Å². The van der Waals surface area contributed by atoms with Crippen LogP contribution in [0.5, 0.6) is 5.75 Å². The highest BCUT2D eigenvalue weighted by Gasteiger charge is 2.31. The van der Waals surface area contributed by atoms with Crippen LogP contribution in [0.25, 0.3) is 10.8 Å². The zero-order chi connectivity index (χ0) is 18.9. The lowest BCUT2D eigenvalue weighted by Gasteiger charge is -2.21. The molecule has 0 unspecified atom stereocenters. The third-order valence-electron chi connectivity index (χ3n) is 4.52. The summed E-state index contributed by atoms with van der Waals surface area (Å²) < 4.78 is 33.4. The minimum atomic E-state index is -3.68. The largest absolute Gasteiger partial charge is 0.494 e. The van der Waals surface area contributed by atoms with E-state index in [9.17, 15) is 8.42 Å². The fourth-order valence-corrected chi connectivity index (χ4v) is 4.72. The Morgan fingerprint density at radius 3 is 2.52 bits per heavy atom. The van der Waals surface area contributed by atoms with Gasteiger partial charge in [0.2, 0.25) is 0 Å². The van der Waals surface area contributed by atoms with Crippen molar-refractivity contribution in [3.05, 3.63) is 72.3 Å². The van der Waals surface area contributed by atoms with Gasteiger partial charge in [-0.15, -0.1) is 0 Å². The van der Waals surface area contributed by atoms with Gasteiger partial charge in [0, 0.05) is 5.56 Å². The van der Waals surface area contributed by atoms with Gasteiger partial charge in [-0.1, -0.05) is 42.5 Å². The number of sulfonamides is 1. The first-order chi connectivity index (χ1) is 13.1. The minimum Gasteiger partial charge on any atom is -0.494 e. The van der Waals surface area contributed by atoms with Gasteiger partial charge in [-0.05, 0) is 42.0 Å². The van der Waals surface area contributed by atoms with Crippen molar-refractivity contribution in [2.45, 2.75) is 11.8 Å². The van der Waals surface area contributed by atoms with Gasteiger partial charge in [0.25, 0.3) is 10.0 Å². The maximum Gasteiger partial charge on any atom is 0.265 e. The standard InChI is InChI=1S/C21H20N2O3S/c1-2-26-19-10-8-18-15-20(11-9-17(18)14-19)27(24,25)23-13-12-22-21(23)16-6-4-3-5-7-16/h3-11,14-15H,2,12-13H2,1H3. The number of hydrogen-bond donors (Lipinski definition) is 0. The first kappa shape index (κ1) is 17.5. The highest BCUT2D eigenvalue weighted by Crippen LogP contribution is 2.27. The summed E-state index contributed by atoms with van der Waals surface area (Å²) in [5.41, 5.74) is 0.806. The van der Waals surface area contributed by atoms with Crippen molar-refractivity contribution in [1.29, 1.82) is 0 Å². The Bertz CT molecular complexity index is 1110. The van der Waals surface area contributed by atoms with E-state index >= 15 is 0 Å². The van der Waals surface area contributed by atoms with Gasteiger partial charge in [-0.3, -0.25) is 4.99 Å². The van der Waals surface area contributed by atoms with Crippen molar-refractivity contribution in [3.8, 4) is 5.75 Å². The van der Waals surface area contributed by atoms with E-state index in [0.717, 1.165) is 22.1 Å². The van der Waals surface area contributed by atoms with E-state index in [1.165, 1.54) is 4.31 Å². The van der Waals surface area contributed by atoms with Crippen LogP contribution in [0, 0.1) is 0 Å². The topological polar surface area (TPSA) is 59.0 Å². The molecule has 1 aliphatic rings. The van der Waals surface area contributed by atoms with Crippen LogP contribution in [-0.4, -0.2) is 38.3 Å². The van der Waals surface area contributed by atoms with Crippen LogP contribution >= 0.6 is 0 Å². The monoisotopic (exact) mass is 380 g/mol. The van der Waals surface area contributed by atoms with E-state index in [0.29, 0.717) is 25.5 Å². The van der Waals surface area contributed by atoms with E-state index in [2.05, 4.69) is 4.99 Å². The van der Waals surface area contributed by atoms with Crippen LogP contribution in [0.4, 0.5) is 0 Å². The Morgan fingerprint density at radius 1 is 1.00 bits per heavy atom. The number of benzene rings is 3. The third kappa shape index (κ3) is 3.28. The molecule has 27 heavy (non-hydrogen) atoms. The number of ether oxygens (including phenoxy) is 1. The van der Waals surface area contributed by atoms with Crippen LogP contribution < -0.4 is 4.74 Å². The van der Waals surface area contributed by atoms with E-state index in [4.69, 9.17) is 4.74 Å². The van der Waals surface area contributed by atoms with E-state index < -0.39 is 10.0 Å². The number of amidine groups is 1. The molecular formula is C21H20N2O3S. The van der Waals surface area contributed by atoms with Crippen LogP contribution in [0.2, 0.25) is 0 Å². The molecule has 0 N–H and O–H groups in total. The number of hydrogen-bond acceptors (Lipinski definition) is 4. The molecule has 0 atom stereocenters. The highest BCUT2D eigenvalue weighted by atomic mass is 32.2. The van der Waals surface area contributed by atoms with Crippen LogP contribution in [-0.2, 0) is 10.0 Å². The van der Waals surface area contributed by atoms with Gasteiger partial charge in [0.05, 0.1) is 24.6 Å². The van der Waals surface area contributed by atoms with Crippen molar-refractivity contribution in [3.63, 3.8) is 0 Å². The highest BCUT2D eigenvalue weighted by molar-refractivity contribution is 7.89. The lowest BCUT2D eigenvalue weighted by Crippen LogP contribution is -2.34. The van der Waals surface area contributed by atoms with Gasteiger partial charge in [0.15, 0.2) is 0 Å². The molecular weight excluding hydrogens is 360 g/mol. The van der Waals surface area contributed by atoms with Gasteiger partial charge >= 0.3 is 0 Å². The summed E-state index contributed by atoms with van der Waals surface area (Å²) in [6.45, 7) is 3.35. The molecule has 0 saturated heterocycles. The third-order valence-corrected chi connectivity index (χ3v) is 6.30. The summed E-state index contributed by atoms with van der Waals surface area (Å²) in [7, 11) is -3.68. The van der Waals surface area contributed by atoms with Gasteiger partial charge < -0.3 is 4.74 Å². The summed E-state index contributed by atoms with van der Waals surface area (Å²) in [5.74, 6) is 1.28. The second-order valence-corrected chi connectivity index (χ2v) is 8.11. The van der Waals surface area contributed by atoms with Gasteiger partial charge in [-0.25, -0.2) is 12.7 Å². The quantitative estimate of drug-likeness (QED) is 0.678. The Kier molecular flexibility index (Phi) is 4.58. The molecule has 5 nitrogen and oxygen atoms in total. The Balaban J connectivity index is 1.71. The summed E-state index contributed by atoms with van der Waals surface area (Å²) in [6.07, 6.45) is 0. The molecule has 0 amide bonds. The Labute approximate surface area is 159 Å². The molecule has 0 bridgehead atoms. The number of fused-ring (bicyclic) bond motifs is 1. The summed E-state index contributed by atoms with van der Waals surface area (Å²) >= 11 is 0. The summed E-state index contributed by atoms with van der Waals surface area (Å²) in [4.78, 5) is 4.69. The molecule has 0 aromatic heterocycles. The predicted molar refractivity (Wildman–Crippen MR) is 107 cm³/mol. The molecule has 0 saturated carbocycles. The second kappa shape index (κ2) is 7.04. The lowest BCUT2D eigenvalue weighted by molar-refractivity contribution is 0.341. The van der Waals surface area contributed by atoms with E-state index in [1.54, 1.807) is 12.1 Å². The molecule has 0 spiro atoms. The molecule has 3 aromatic carbocycles. The number of rotatable bonds is 5. The fraction of sp³-hybridized carbons (Fsp3) is 0.190. The second-order valence-electron chi connectivity index (χ2n) is 6.25. The molecule has 0 aliphatic carbocycles. The molecule has 1 heterocycles. The predicted octanol–water partition coefficient (Wildman–Crippen LogP) is 3.69. The van der Waals surface area contributed by atoms with Crippen LogP contribution in [0.15, 0.2) is 76.6 Å². The molecule has 1 aliphatic heterocycles. The molecule has 6 heteroatoms. The SMILES string of the molecule is CCOc1ccc2cc(S(=O)(=O)N3CCN=C3c3ccccc3)ccc2c1. The molecule has 138 valence electrons. The first-order valence-electron chi connectivity index (χ1n) is 8.89. The zero-order valence-electron chi connectivity index (χ0n) is 15.0.